The predicted molar refractivity (Wildman–Crippen MR) is 85.9 cm³/mol. The maximum absolute atomic E-state index is 6.01. The number of hydrogen-bond acceptors (Lipinski definition) is 2. The van der Waals surface area contributed by atoms with Crippen molar-refractivity contribution in [3.05, 3.63) is 58.6 Å². The number of ether oxygens (including phenoxy) is 1. The lowest BCUT2D eigenvalue weighted by Gasteiger charge is -2.17. The minimum absolute atomic E-state index is 0.0797. The first-order valence-corrected chi connectivity index (χ1v) is 7.16. The molecule has 106 valence electrons. The highest BCUT2D eigenvalue weighted by atomic mass is 35.5. The second kappa shape index (κ2) is 6.67. The molecule has 0 spiro atoms. The monoisotopic (exact) mass is 289 g/mol. The molecule has 1 N–H and O–H groups in total. The number of rotatable bonds is 5. The van der Waals surface area contributed by atoms with Crippen molar-refractivity contribution in [3.63, 3.8) is 0 Å². The molecule has 2 aromatic carbocycles. The van der Waals surface area contributed by atoms with Crippen LogP contribution in [0.5, 0.6) is 5.75 Å². The molecule has 3 heteroatoms. The SMILES string of the molecule is Cc1ccc(OC(C)CNc2cc(Cl)ccc2C)cc1. The third kappa shape index (κ3) is 4.17. The van der Waals surface area contributed by atoms with E-state index in [1.54, 1.807) is 0 Å². The van der Waals surface area contributed by atoms with Crippen LogP contribution in [0, 0.1) is 13.8 Å². The summed E-state index contributed by atoms with van der Waals surface area (Å²) in [5.74, 6) is 0.896. The summed E-state index contributed by atoms with van der Waals surface area (Å²) in [5.41, 5.74) is 3.46. The predicted octanol–water partition coefficient (Wildman–Crippen LogP) is 4.84. The van der Waals surface area contributed by atoms with Gasteiger partial charge in [0.15, 0.2) is 0 Å². The maximum atomic E-state index is 6.01. The molecule has 0 radical (unpaired) electrons. The summed E-state index contributed by atoms with van der Waals surface area (Å²) in [7, 11) is 0. The summed E-state index contributed by atoms with van der Waals surface area (Å²) in [6.45, 7) is 6.91. The van der Waals surface area contributed by atoms with Gasteiger partial charge in [-0.3, -0.25) is 0 Å². The number of anilines is 1. The molecule has 20 heavy (non-hydrogen) atoms. The van der Waals surface area contributed by atoms with Crippen LogP contribution in [0.2, 0.25) is 5.02 Å². The Labute approximate surface area is 125 Å². The Morgan fingerprint density at radius 1 is 1.10 bits per heavy atom. The van der Waals surface area contributed by atoms with Crippen LogP contribution in [0.3, 0.4) is 0 Å². The molecular formula is C17H20ClNO. The van der Waals surface area contributed by atoms with Crippen LogP contribution < -0.4 is 10.1 Å². The van der Waals surface area contributed by atoms with Gasteiger partial charge in [0.05, 0.1) is 6.54 Å². The zero-order valence-corrected chi connectivity index (χ0v) is 12.9. The lowest BCUT2D eigenvalue weighted by Crippen LogP contribution is -2.23. The minimum Gasteiger partial charge on any atom is -0.489 e. The molecule has 0 aromatic heterocycles. The Balaban J connectivity index is 1.90. The molecule has 0 amide bonds. The van der Waals surface area contributed by atoms with E-state index in [1.165, 1.54) is 11.1 Å². The second-order valence-electron chi connectivity index (χ2n) is 5.08. The molecule has 2 aromatic rings. The quantitative estimate of drug-likeness (QED) is 0.851. The maximum Gasteiger partial charge on any atom is 0.119 e. The van der Waals surface area contributed by atoms with Crippen molar-refractivity contribution < 1.29 is 4.74 Å². The van der Waals surface area contributed by atoms with Crippen LogP contribution in [0.1, 0.15) is 18.1 Å². The van der Waals surface area contributed by atoms with Crippen molar-refractivity contribution in [1.29, 1.82) is 0 Å². The number of nitrogens with one attached hydrogen (secondary N) is 1. The summed E-state index contributed by atoms with van der Waals surface area (Å²) in [4.78, 5) is 0. The third-order valence-corrected chi connectivity index (χ3v) is 3.37. The van der Waals surface area contributed by atoms with E-state index in [0.717, 1.165) is 23.0 Å². The van der Waals surface area contributed by atoms with E-state index >= 15 is 0 Å². The largest absolute Gasteiger partial charge is 0.489 e. The Morgan fingerprint density at radius 2 is 1.80 bits per heavy atom. The first kappa shape index (κ1) is 14.7. The van der Waals surface area contributed by atoms with E-state index in [-0.39, 0.29) is 6.10 Å². The lowest BCUT2D eigenvalue weighted by atomic mass is 10.2. The van der Waals surface area contributed by atoms with Gasteiger partial charge in [-0.15, -0.1) is 0 Å². The van der Waals surface area contributed by atoms with Crippen molar-refractivity contribution in [1.82, 2.24) is 0 Å². The number of halogens is 1. The fourth-order valence-corrected chi connectivity index (χ4v) is 2.10. The van der Waals surface area contributed by atoms with Gasteiger partial charge in [-0.1, -0.05) is 35.4 Å². The minimum atomic E-state index is 0.0797. The van der Waals surface area contributed by atoms with Gasteiger partial charge in [-0.25, -0.2) is 0 Å². The highest BCUT2D eigenvalue weighted by Gasteiger charge is 2.05. The van der Waals surface area contributed by atoms with Crippen LogP contribution in [0.25, 0.3) is 0 Å². The molecular weight excluding hydrogens is 270 g/mol. The molecule has 0 fully saturated rings. The van der Waals surface area contributed by atoms with Crippen molar-refractivity contribution in [2.75, 3.05) is 11.9 Å². The molecule has 0 heterocycles. The zero-order chi connectivity index (χ0) is 14.5. The summed E-state index contributed by atoms with van der Waals surface area (Å²) < 4.78 is 5.87. The molecule has 0 aliphatic heterocycles. The molecule has 2 nitrogen and oxygen atoms in total. The van der Waals surface area contributed by atoms with Crippen LogP contribution in [-0.4, -0.2) is 12.6 Å². The highest BCUT2D eigenvalue weighted by Crippen LogP contribution is 2.20. The highest BCUT2D eigenvalue weighted by molar-refractivity contribution is 6.30. The fourth-order valence-electron chi connectivity index (χ4n) is 1.93. The Kier molecular flexibility index (Phi) is 4.91. The van der Waals surface area contributed by atoms with Gasteiger partial charge in [0.1, 0.15) is 11.9 Å². The van der Waals surface area contributed by atoms with Gasteiger partial charge in [0.2, 0.25) is 0 Å². The summed E-state index contributed by atoms with van der Waals surface area (Å²) in [6, 6.07) is 13.9. The second-order valence-corrected chi connectivity index (χ2v) is 5.52. The fraction of sp³-hybridized carbons (Fsp3) is 0.294. The zero-order valence-electron chi connectivity index (χ0n) is 12.1. The van der Waals surface area contributed by atoms with Gasteiger partial charge in [-0.05, 0) is 50.6 Å². The van der Waals surface area contributed by atoms with Gasteiger partial charge < -0.3 is 10.1 Å². The van der Waals surface area contributed by atoms with E-state index in [4.69, 9.17) is 16.3 Å². The topological polar surface area (TPSA) is 21.3 Å². The van der Waals surface area contributed by atoms with E-state index in [2.05, 4.69) is 31.3 Å². The normalized spacial score (nSPS) is 12.0. The van der Waals surface area contributed by atoms with E-state index in [1.807, 2.05) is 37.3 Å². The summed E-state index contributed by atoms with van der Waals surface area (Å²) >= 11 is 6.01. The molecule has 0 saturated heterocycles. The molecule has 0 aliphatic rings. The van der Waals surface area contributed by atoms with E-state index in [0.29, 0.717) is 0 Å². The standard InChI is InChI=1S/C17H20ClNO/c1-12-4-8-16(9-5-12)20-14(3)11-19-17-10-15(18)7-6-13(17)2/h4-10,14,19H,11H2,1-3H3. The van der Waals surface area contributed by atoms with Crippen molar-refractivity contribution in [3.8, 4) is 5.75 Å². The van der Waals surface area contributed by atoms with Crippen LogP contribution in [-0.2, 0) is 0 Å². The smallest absolute Gasteiger partial charge is 0.119 e. The van der Waals surface area contributed by atoms with Crippen LogP contribution in [0.4, 0.5) is 5.69 Å². The van der Waals surface area contributed by atoms with Crippen LogP contribution >= 0.6 is 11.6 Å². The van der Waals surface area contributed by atoms with Gasteiger partial charge in [0, 0.05) is 10.7 Å². The lowest BCUT2D eigenvalue weighted by molar-refractivity contribution is 0.234. The van der Waals surface area contributed by atoms with Crippen molar-refractivity contribution in [2.24, 2.45) is 0 Å². The number of aryl methyl sites for hydroxylation is 2. The first-order valence-electron chi connectivity index (χ1n) is 6.78. The molecule has 0 saturated carbocycles. The molecule has 0 aliphatic carbocycles. The molecule has 1 atom stereocenters. The summed E-state index contributed by atoms with van der Waals surface area (Å²) in [6.07, 6.45) is 0.0797. The Morgan fingerprint density at radius 3 is 2.50 bits per heavy atom. The average Bonchev–Trinajstić information content (AvgIpc) is 2.42. The van der Waals surface area contributed by atoms with Crippen molar-refractivity contribution in [2.45, 2.75) is 26.9 Å². The number of benzene rings is 2. The Hall–Kier alpha value is -1.67. The van der Waals surface area contributed by atoms with Crippen molar-refractivity contribution >= 4 is 17.3 Å². The summed E-state index contributed by atoms with van der Waals surface area (Å²) in [5, 5.41) is 4.12. The van der Waals surface area contributed by atoms with E-state index < -0.39 is 0 Å². The van der Waals surface area contributed by atoms with E-state index in [9.17, 15) is 0 Å². The van der Waals surface area contributed by atoms with Gasteiger partial charge in [-0.2, -0.15) is 0 Å². The van der Waals surface area contributed by atoms with Gasteiger partial charge >= 0.3 is 0 Å². The average molecular weight is 290 g/mol. The molecule has 0 bridgehead atoms. The van der Waals surface area contributed by atoms with Gasteiger partial charge in [0.25, 0.3) is 0 Å². The number of hydrogen-bond donors (Lipinski definition) is 1. The molecule has 2 rings (SSSR count). The molecule has 1 unspecified atom stereocenters. The first-order chi connectivity index (χ1) is 9.54. The third-order valence-electron chi connectivity index (χ3n) is 3.14. The van der Waals surface area contributed by atoms with Crippen LogP contribution in [0.15, 0.2) is 42.5 Å². The Bertz CT molecular complexity index is 566.